The molecule has 1 N–H and O–H groups in total. The molecule has 0 saturated carbocycles. The summed E-state index contributed by atoms with van der Waals surface area (Å²) in [5.74, 6) is 2.07. The van der Waals surface area contributed by atoms with Gasteiger partial charge < -0.3 is 14.7 Å². The summed E-state index contributed by atoms with van der Waals surface area (Å²) in [5.41, 5.74) is 0. The molecular weight excluding hydrogens is 228 g/mol. The van der Waals surface area contributed by atoms with Crippen LogP contribution in [0.4, 0.5) is 0 Å². The smallest absolute Gasteiger partial charge is 0.231 e. The molecule has 2 heterocycles. The number of likely N-dealkylation sites (tertiary alicyclic amines) is 1. The Labute approximate surface area is 109 Å². The molecule has 102 valence electrons. The van der Waals surface area contributed by atoms with Gasteiger partial charge in [0.2, 0.25) is 5.89 Å². The van der Waals surface area contributed by atoms with Crippen LogP contribution in [-0.2, 0) is 6.42 Å². The lowest BCUT2D eigenvalue weighted by Gasteiger charge is -2.29. The molecule has 2 unspecified atom stereocenters. The molecule has 1 saturated heterocycles. The highest BCUT2D eigenvalue weighted by Gasteiger charge is 2.25. The maximum atomic E-state index is 5.43. The number of nitrogens with zero attached hydrogens (tertiary/aromatic N) is 3. The van der Waals surface area contributed by atoms with Crippen LogP contribution in [0, 0.1) is 0 Å². The lowest BCUT2D eigenvalue weighted by Crippen LogP contribution is -2.34. The van der Waals surface area contributed by atoms with E-state index in [1.807, 2.05) is 7.05 Å². The van der Waals surface area contributed by atoms with Crippen molar-refractivity contribution < 1.29 is 4.52 Å². The first-order valence-electron chi connectivity index (χ1n) is 6.95. The van der Waals surface area contributed by atoms with Gasteiger partial charge in [-0.1, -0.05) is 12.1 Å². The topological polar surface area (TPSA) is 54.2 Å². The average molecular weight is 252 g/mol. The van der Waals surface area contributed by atoms with Crippen LogP contribution < -0.4 is 5.32 Å². The summed E-state index contributed by atoms with van der Waals surface area (Å²) in [4.78, 5) is 7.00. The largest absolute Gasteiger partial charge is 0.339 e. The fourth-order valence-electron chi connectivity index (χ4n) is 2.44. The van der Waals surface area contributed by atoms with Gasteiger partial charge in [-0.25, -0.2) is 0 Å². The minimum Gasteiger partial charge on any atom is -0.339 e. The van der Waals surface area contributed by atoms with E-state index in [2.05, 4.69) is 34.2 Å². The molecule has 0 radical (unpaired) electrons. The van der Waals surface area contributed by atoms with E-state index in [9.17, 15) is 0 Å². The molecule has 1 aliphatic rings. The molecule has 0 aliphatic carbocycles. The molecule has 5 heteroatoms. The molecule has 1 aromatic rings. The van der Waals surface area contributed by atoms with Crippen molar-refractivity contribution in [2.24, 2.45) is 0 Å². The van der Waals surface area contributed by atoms with Crippen LogP contribution >= 0.6 is 0 Å². The van der Waals surface area contributed by atoms with E-state index in [0.717, 1.165) is 31.2 Å². The van der Waals surface area contributed by atoms with Crippen LogP contribution in [0.3, 0.4) is 0 Å². The van der Waals surface area contributed by atoms with E-state index in [1.165, 1.54) is 19.4 Å². The first kappa shape index (κ1) is 13.5. The maximum absolute atomic E-state index is 5.43. The zero-order valence-electron chi connectivity index (χ0n) is 11.6. The van der Waals surface area contributed by atoms with Gasteiger partial charge in [0.15, 0.2) is 5.82 Å². The molecule has 0 bridgehead atoms. The Morgan fingerprint density at radius 3 is 3.11 bits per heavy atom. The highest BCUT2D eigenvalue weighted by atomic mass is 16.5. The molecule has 2 atom stereocenters. The van der Waals surface area contributed by atoms with Crippen molar-refractivity contribution in [3.8, 4) is 0 Å². The summed E-state index contributed by atoms with van der Waals surface area (Å²) in [5, 5.41) is 7.27. The van der Waals surface area contributed by atoms with Gasteiger partial charge in [0.05, 0.1) is 5.92 Å². The third-order valence-electron chi connectivity index (χ3n) is 3.77. The van der Waals surface area contributed by atoms with Gasteiger partial charge in [0.1, 0.15) is 0 Å². The molecule has 1 fully saturated rings. The Morgan fingerprint density at radius 2 is 2.39 bits per heavy atom. The van der Waals surface area contributed by atoms with Crippen molar-refractivity contribution in [3.63, 3.8) is 0 Å². The predicted octanol–water partition coefficient (Wildman–Crippen LogP) is 1.42. The van der Waals surface area contributed by atoms with Crippen molar-refractivity contribution >= 4 is 0 Å². The molecule has 2 rings (SSSR count). The molecule has 0 amide bonds. The monoisotopic (exact) mass is 252 g/mol. The van der Waals surface area contributed by atoms with Gasteiger partial charge in [-0.3, -0.25) is 0 Å². The number of piperidine rings is 1. The molecule has 1 aromatic heterocycles. The van der Waals surface area contributed by atoms with Crippen LogP contribution in [-0.4, -0.2) is 47.8 Å². The van der Waals surface area contributed by atoms with Gasteiger partial charge >= 0.3 is 0 Å². The Morgan fingerprint density at radius 1 is 1.56 bits per heavy atom. The molecular formula is C13H24N4O. The molecule has 5 nitrogen and oxygen atoms in total. The van der Waals surface area contributed by atoms with Gasteiger partial charge in [-0.2, -0.15) is 4.98 Å². The number of nitrogens with one attached hydrogen (secondary N) is 1. The van der Waals surface area contributed by atoms with Crippen molar-refractivity contribution in [1.82, 2.24) is 20.4 Å². The fraction of sp³-hybridized carbons (Fsp3) is 0.846. The number of aromatic nitrogens is 2. The lowest BCUT2D eigenvalue weighted by atomic mass is 9.98. The Kier molecular flexibility index (Phi) is 4.72. The van der Waals surface area contributed by atoms with Gasteiger partial charge in [0, 0.05) is 19.0 Å². The lowest BCUT2D eigenvalue weighted by molar-refractivity contribution is 0.194. The van der Waals surface area contributed by atoms with E-state index >= 15 is 0 Å². The third-order valence-corrected chi connectivity index (χ3v) is 3.77. The Balaban J connectivity index is 1.96. The van der Waals surface area contributed by atoms with Crippen LogP contribution in [0.2, 0.25) is 0 Å². The van der Waals surface area contributed by atoms with E-state index in [0.29, 0.717) is 12.0 Å². The average Bonchev–Trinajstić information content (AvgIpc) is 2.87. The quantitative estimate of drug-likeness (QED) is 0.859. The second-order valence-corrected chi connectivity index (χ2v) is 5.18. The maximum Gasteiger partial charge on any atom is 0.231 e. The van der Waals surface area contributed by atoms with Gasteiger partial charge in [0.25, 0.3) is 0 Å². The highest BCUT2D eigenvalue weighted by Crippen LogP contribution is 2.25. The van der Waals surface area contributed by atoms with Gasteiger partial charge in [-0.15, -0.1) is 0 Å². The number of rotatable bonds is 5. The van der Waals surface area contributed by atoms with E-state index in [1.54, 1.807) is 0 Å². The standard InChI is InChI=1S/C13H24N4O/c1-4-17-7-5-6-11(9-17)13-15-12(16-18-13)8-10(2)14-3/h10-11,14H,4-9H2,1-3H3. The summed E-state index contributed by atoms with van der Waals surface area (Å²) in [6.45, 7) is 7.68. The minimum absolute atomic E-state index is 0.383. The first-order valence-corrected chi connectivity index (χ1v) is 6.95. The predicted molar refractivity (Wildman–Crippen MR) is 70.6 cm³/mol. The first-order chi connectivity index (χ1) is 8.72. The number of hydrogen-bond donors (Lipinski definition) is 1. The summed E-state index contributed by atoms with van der Waals surface area (Å²) in [7, 11) is 1.95. The molecule has 1 aliphatic heterocycles. The van der Waals surface area contributed by atoms with Crippen molar-refractivity contribution in [2.75, 3.05) is 26.7 Å². The summed E-state index contributed by atoms with van der Waals surface area (Å²) in [6, 6.07) is 0.383. The second-order valence-electron chi connectivity index (χ2n) is 5.18. The minimum atomic E-state index is 0.383. The summed E-state index contributed by atoms with van der Waals surface area (Å²) < 4.78 is 5.43. The van der Waals surface area contributed by atoms with Crippen molar-refractivity contribution in [3.05, 3.63) is 11.7 Å². The van der Waals surface area contributed by atoms with Crippen LogP contribution in [0.1, 0.15) is 44.3 Å². The summed E-state index contributed by atoms with van der Waals surface area (Å²) in [6.07, 6.45) is 3.22. The SMILES string of the molecule is CCN1CCCC(c2nc(CC(C)NC)no2)C1. The Hall–Kier alpha value is -0.940. The highest BCUT2D eigenvalue weighted by molar-refractivity contribution is 4.98. The normalized spacial score (nSPS) is 23.2. The van der Waals surface area contributed by atoms with Crippen LogP contribution in [0.25, 0.3) is 0 Å². The number of likely N-dealkylation sites (N-methyl/N-ethyl adjacent to an activating group) is 2. The summed E-state index contributed by atoms with van der Waals surface area (Å²) >= 11 is 0. The molecule has 18 heavy (non-hydrogen) atoms. The molecule has 0 spiro atoms. The van der Waals surface area contributed by atoms with Crippen molar-refractivity contribution in [1.29, 1.82) is 0 Å². The third kappa shape index (κ3) is 3.29. The number of hydrogen-bond acceptors (Lipinski definition) is 5. The van der Waals surface area contributed by atoms with Crippen LogP contribution in [0.15, 0.2) is 4.52 Å². The zero-order valence-corrected chi connectivity index (χ0v) is 11.6. The van der Waals surface area contributed by atoms with E-state index < -0.39 is 0 Å². The van der Waals surface area contributed by atoms with Gasteiger partial charge in [-0.05, 0) is 39.9 Å². The fourth-order valence-corrected chi connectivity index (χ4v) is 2.44. The van der Waals surface area contributed by atoms with Crippen molar-refractivity contribution in [2.45, 2.75) is 45.1 Å². The Bertz CT molecular complexity index is 366. The van der Waals surface area contributed by atoms with Crippen LogP contribution in [0.5, 0.6) is 0 Å². The van der Waals surface area contributed by atoms with E-state index in [4.69, 9.17) is 4.52 Å². The zero-order chi connectivity index (χ0) is 13.0. The molecule has 0 aromatic carbocycles. The van der Waals surface area contributed by atoms with E-state index in [-0.39, 0.29) is 0 Å². The second kappa shape index (κ2) is 6.29.